The molecule has 1 aliphatic rings. The van der Waals surface area contributed by atoms with E-state index in [4.69, 9.17) is 0 Å². The van der Waals surface area contributed by atoms with Gasteiger partial charge in [-0.05, 0) is 0 Å². The van der Waals surface area contributed by atoms with Gasteiger partial charge >= 0.3 is 78.0 Å². The van der Waals surface area contributed by atoms with E-state index in [0.717, 1.165) is 0 Å². The van der Waals surface area contributed by atoms with Crippen molar-refractivity contribution in [2.45, 2.75) is 32.6 Å². The second-order valence-electron chi connectivity index (χ2n) is 2.71. The Morgan fingerprint density at radius 2 is 1.92 bits per heavy atom. The van der Waals surface area contributed by atoms with Gasteiger partial charge in [-0.25, -0.2) is 0 Å². The Hall–Kier alpha value is 1.22. The topological polar surface area (TPSA) is 0 Å². The van der Waals surface area contributed by atoms with Gasteiger partial charge in [0.25, 0.3) is 0 Å². The monoisotopic (exact) mass is 409 g/mol. The van der Waals surface area contributed by atoms with Gasteiger partial charge < -0.3 is 0 Å². The van der Waals surface area contributed by atoms with Crippen LogP contribution in [0.1, 0.15) is 32.6 Å². The Labute approximate surface area is 114 Å². The molecule has 1 aliphatic carbocycles. The summed E-state index contributed by atoms with van der Waals surface area (Å²) < 4.78 is 1.72. The molecule has 0 saturated heterocycles. The van der Waals surface area contributed by atoms with Crippen LogP contribution >= 0.6 is 37.2 Å². The average Bonchev–Trinajstić information content (AvgIpc) is 2.31. The van der Waals surface area contributed by atoms with E-state index in [9.17, 15) is 0 Å². The molecule has 0 radical (unpaired) electrons. The van der Waals surface area contributed by atoms with Crippen LogP contribution in [0.5, 0.6) is 0 Å². The summed E-state index contributed by atoms with van der Waals surface area (Å²) in [4.78, 5) is 0. The number of unbranched alkanes of at least 4 members (excludes halogenated alkanes) is 1. The smallest absolute Gasteiger partial charge is 0.147 e. The predicted molar refractivity (Wildman–Crippen MR) is 62.1 cm³/mol. The second kappa shape index (κ2) is 11.3. The Morgan fingerprint density at radius 1 is 1.31 bits per heavy atom. The van der Waals surface area contributed by atoms with Crippen molar-refractivity contribution in [1.82, 2.24) is 0 Å². The Bertz CT molecular complexity index is 176. The van der Waals surface area contributed by atoms with E-state index in [-0.39, 0.29) is 37.2 Å². The minimum Gasteiger partial charge on any atom is -0.147 e. The van der Waals surface area contributed by atoms with E-state index >= 15 is 0 Å². The summed E-state index contributed by atoms with van der Waals surface area (Å²) in [5, 5.41) is 0. The summed E-state index contributed by atoms with van der Waals surface area (Å²) in [6.45, 7) is 2.26. The van der Waals surface area contributed by atoms with E-state index in [2.05, 4.69) is 19.1 Å². The molecular formula is C9H16Cl3Hf. The molecular weight excluding hydrogens is 393 g/mol. The Balaban J connectivity index is -0.000000333. The van der Waals surface area contributed by atoms with Crippen LogP contribution in [-0.2, 0) is 24.4 Å². The molecule has 4 heteroatoms. The molecule has 0 nitrogen and oxygen atoms in total. The first-order chi connectivity index (χ1) is 4.84. The molecule has 0 N–H and O–H groups in total. The maximum atomic E-state index is 2.32. The van der Waals surface area contributed by atoms with Gasteiger partial charge in [-0.1, -0.05) is 0 Å². The molecule has 0 saturated carbocycles. The molecule has 0 bridgehead atoms. The minimum atomic E-state index is 0. The molecule has 0 amide bonds. The fraction of sp³-hybridized carbons (Fsp3) is 0.556. The third-order valence-electron chi connectivity index (χ3n) is 1.83. The van der Waals surface area contributed by atoms with Crippen molar-refractivity contribution in [3.63, 3.8) is 0 Å². The number of halogens is 3. The van der Waals surface area contributed by atoms with Crippen molar-refractivity contribution in [3.8, 4) is 0 Å². The average molecular weight is 409 g/mol. The van der Waals surface area contributed by atoms with E-state index in [1.807, 2.05) is 0 Å². The third-order valence-corrected chi connectivity index (χ3v) is 3.72. The fourth-order valence-corrected chi connectivity index (χ4v) is 2.32. The van der Waals surface area contributed by atoms with Crippen LogP contribution in [-0.4, -0.2) is 0 Å². The van der Waals surface area contributed by atoms with Gasteiger partial charge in [-0.3, -0.25) is 0 Å². The van der Waals surface area contributed by atoms with Crippen molar-refractivity contribution in [2.24, 2.45) is 0 Å². The van der Waals surface area contributed by atoms with Crippen LogP contribution in [0.4, 0.5) is 0 Å². The van der Waals surface area contributed by atoms with Crippen molar-refractivity contribution in [2.75, 3.05) is 0 Å². The van der Waals surface area contributed by atoms with Gasteiger partial charge in [0, 0.05) is 0 Å². The maximum Gasteiger partial charge on any atom is -0.147 e. The Kier molecular flexibility index (Phi) is 17.2. The first kappa shape index (κ1) is 19.7. The molecule has 1 rings (SSSR count). The van der Waals surface area contributed by atoms with Gasteiger partial charge in [-0.2, -0.15) is 0 Å². The summed E-state index contributed by atoms with van der Waals surface area (Å²) in [5.74, 6) is 0. The minimum absolute atomic E-state index is 0. The zero-order chi connectivity index (χ0) is 7.40. The van der Waals surface area contributed by atoms with Gasteiger partial charge in [0.2, 0.25) is 0 Å². The summed E-state index contributed by atoms with van der Waals surface area (Å²) in [7, 11) is 0. The van der Waals surface area contributed by atoms with Crippen LogP contribution in [0, 0.1) is 0 Å². The SMILES string of the molecule is CCCCC1=[C]([Hf])CC=C1.Cl.Cl.Cl. The largest absolute Gasteiger partial charge is 0.147 e. The van der Waals surface area contributed by atoms with Gasteiger partial charge in [0.15, 0.2) is 0 Å². The van der Waals surface area contributed by atoms with E-state index in [1.54, 1.807) is 8.90 Å². The molecule has 0 atom stereocenters. The second-order valence-corrected chi connectivity index (χ2v) is 4.88. The van der Waals surface area contributed by atoms with Crippen molar-refractivity contribution < 1.29 is 24.4 Å². The summed E-state index contributed by atoms with van der Waals surface area (Å²) in [5.41, 5.74) is 1.65. The van der Waals surface area contributed by atoms with Crippen LogP contribution in [0.15, 0.2) is 21.1 Å². The van der Waals surface area contributed by atoms with Crippen molar-refractivity contribution in [3.05, 3.63) is 21.1 Å². The molecule has 0 aromatic rings. The molecule has 0 aliphatic heterocycles. The van der Waals surface area contributed by atoms with Crippen molar-refractivity contribution in [1.29, 1.82) is 0 Å². The van der Waals surface area contributed by atoms with E-state index in [1.165, 1.54) is 50.1 Å². The third kappa shape index (κ3) is 7.18. The van der Waals surface area contributed by atoms with Crippen LogP contribution < -0.4 is 0 Å². The molecule has 13 heavy (non-hydrogen) atoms. The van der Waals surface area contributed by atoms with E-state index < -0.39 is 0 Å². The predicted octanol–water partition coefficient (Wildman–Crippen LogP) is 4.20. The Morgan fingerprint density at radius 3 is 2.31 bits per heavy atom. The molecule has 0 heterocycles. The zero-order valence-corrected chi connectivity index (χ0v) is 13.8. The number of rotatable bonds is 3. The molecule has 0 spiro atoms. The number of hydrogen-bond acceptors (Lipinski definition) is 0. The normalized spacial score (nSPS) is 12.9. The molecule has 0 aromatic heterocycles. The standard InChI is InChI=1S/C9H13.3ClH.Hf/c1-2-3-6-9-7-4-5-8-9;;;;/h4,7H,2-3,5-6H2,1H3;3*1H;. The first-order valence-corrected chi connectivity index (χ1v) is 5.74. The van der Waals surface area contributed by atoms with Gasteiger partial charge in [0.1, 0.15) is 0 Å². The summed E-state index contributed by atoms with van der Waals surface area (Å²) in [6, 6.07) is 0. The number of hydrogen-bond donors (Lipinski definition) is 0. The molecule has 0 aromatic carbocycles. The zero-order valence-electron chi connectivity index (χ0n) is 7.71. The maximum absolute atomic E-state index is 2.32. The van der Waals surface area contributed by atoms with E-state index in [0.29, 0.717) is 0 Å². The summed E-state index contributed by atoms with van der Waals surface area (Å²) in [6.07, 6.45) is 9.89. The molecule has 77 valence electrons. The van der Waals surface area contributed by atoms with Crippen LogP contribution in [0.2, 0.25) is 0 Å². The van der Waals surface area contributed by atoms with Crippen LogP contribution in [0.3, 0.4) is 0 Å². The first-order valence-electron chi connectivity index (χ1n) is 3.94. The van der Waals surface area contributed by atoms with Gasteiger partial charge in [0.05, 0.1) is 0 Å². The van der Waals surface area contributed by atoms with Crippen molar-refractivity contribution >= 4 is 37.2 Å². The summed E-state index contributed by atoms with van der Waals surface area (Å²) >= 11 is 1.27. The fourth-order valence-electron chi connectivity index (χ4n) is 1.15. The van der Waals surface area contributed by atoms with Gasteiger partial charge in [-0.15, -0.1) is 37.2 Å². The quantitative estimate of drug-likeness (QED) is 0.614. The molecule has 0 fully saturated rings. The number of allylic oxidation sites excluding steroid dienone is 4. The molecule has 0 unspecified atom stereocenters. The van der Waals surface area contributed by atoms with Crippen LogP contribution in [0.25, 0.3) is 0 Å².